The second-order valence-corrected chi connectivity index (χ2v) is 28.8. The highest BCUT2D eigenvalue weighted by molar-refractivity contribution is 8.13. The van der Waals surface area contributed by atoms with Crippen LogP contribution >= 0.6 is 45.5 Å². The predicted molar refractivity (Wildman–Crippen MR) is 324 cm³/mol. The lowest BCUT2D eigenvalue weighted by atomic mass is 10.2. The summed E-state index contributed by atoms with van der Waals surface area (Å²) in [6, 6.07) is 25.1. The van der Waals surface area contributed by atoms with E-state index in [4.69, 9.17) is 48.9 Å². The van der Waals surface area contributed by atoms with E-state index in [-0.39, 0.29) is 56.7 Å². The number of anilines is 2. The van der Waals surface area contributed by atoms with Gasteiger partial charge in [0.2, 0.25) is 19.1 Å². The van der Waals surface area contributed by atoms with Crippen molar-refractivity contribution in [3.05, 3.63) is 183 Å². The number of nitrogens with one attached hydrogen (secondary N) is 1. The van der Waals surface area contributed by atoms with Gasteiger partial charge in [-0.25, -0.2) is 35.6 Å². The Morgan fingerprint density at radius 1 is 0.560 bits per heavy atom. The maximum absolute atomic E-state index is 13.7. The number of rotatable bonds is 12. The van der Waals surface area contributed by atoms with Crippen LogP contribution in [0.4, 0.5) is 11.4 Å². The fourth-order valence-corrected chi connectivity index (χ4v) is 10.7. The Balaban J connectivity index is 0.000000234. The first-order chi connectivity index (χ1) is 38.6. The van der Waals surface area contributed by atoms with Gasteiger partial charge in [0.25, 0.3) is 22.2 Å². The molecule has 0 aliphatic heterocycles. The minimum absolute atomic E-state index is 0. The van der Waals surface area contributed by atoms with Crippen molar-refractivity contribution in [3.8, 4) is 22.9 Å². The summed E-state index contributed by atoms with van der Waals surface area (Å²) in [7, 11) is -8.46. The Kier molecular flexibility index (Phi) is 20.1. The Morgan fingerprint density at radius 3 is 1.24 bits per heavy atom. The SMILES string of the molecule is C.CS(=O)(=O)Cl.Cc1ccc(S(=O)(=O)Oc2cc(=O)n(C)c3c2c(=O)n(C2CC2)c(=O)n3-c2cccc(N)c2)cc1.Cc1ccc(S(=O)(=O)Oc2cc(=O)n(C)c3c2c(=O)n(C2CC2)c(=O)n3-c2cccc(NS(C)(=O)=O)c2)cc1.ClC(Cl)Cl. The van der Waals surface area contributed by atoms with Crippen LogP contribution in [0.2, 0.25) is 0 Å². The van der Waals surface area contributed by atoms with Crippen LogP contribution in [-0.2, 0) is 53.4 Å². The van der Waals surface area contributed by atoms with Crippen LogP contribution in [0.15, 0.2) is 148 Å². The number of aryl methyl sites for hydroxylation is 4. The quantitative estimate of drug-likeness (QED) is 0.0588. The van der Waals surface area contributed by atoms with E-state index < -0.39 is 94.8 Å². The molecule has 3 N–H and O–H groups in total. The third kappa shape index (κ3) is 15.6. The van der Waals surface area contributed by atoms with E-state index in [1.54, 1.807) is 49.4 Å². The average Bonchev–Trinajstić information content (AvgIpc) is 1.59. The molecule has 0 amide bonds. The zero-order valence-electron chi connectivity index (χ0n) is 44.4. The molecule has 4 heterocycles. The monoisotopic (exact) mass is 1310 g/mol. The van der Waals surface area contributed by atoms with Gasteiger partial charge in [0.15, 0.2) is 15.8 Å². The molecular formula is C52H54Cl4N8O16S4. The molecule has 0 atom stereocenters. The number of aromatic nitrogens is 6. The number of pyridine rings is 2. The zero-order chi connectivity index (χ0) is 61.4. The fraction of sp³-hybridized carbons (Fsp3) is 0.269. The first kappa shape index (κ1) is 66.0. The number of halogens is 4. The summed E-state index contributed by atoms with van der Waals surface area (Å²) < 4.78 is 114. The number of benzene rings is 4. The second kappa shape index (κ2) is 25.6. The van der Waals surface area contributed by atoms with E-state index in [0.717, 1.165) is 58.6 Å². The molecule has 0 spiro atoms. The molecule has 24 nitrogen and oxygen atoms in total. The number of sulfonamides is 1. The normalized spacial score (nSPS) is 13.3. The lowest BCUT2D eigenvalue weighted by Crippen LogP contribution is -2.41. The molecule has 2 fully saturated rings. The van der Waals surface area contributed by atoms with E-state index in [9.17, 15) is 62.4 Å². The standard InChI is InChI=1S/C25H24N4O8S2.C24H22N4O6S.CHCl3.CH3ClO2S.CH4/c1-15-7-11-19(12-8-15)39(35,36)37-20-14-21(30)27(2)23-22(20)24(31)29(17-9-10-17)25(32)28(23)18-6-4-5-16(13-18)26-38(3,33)34;1-14-6-10-18(11-7-14)35(32,33)34-19-13-20(29)26(2)22-21(19)23(30)28(16-8-9-16)24(31)27(22)17-5-3-4-15(25)12-17;2-1(3)4;1-5(2,3)4;/h4-8,11-14,17,26H,9-10H2,1-3H3;3-7,10-13,16H,8-9,25H2,1-2H3;1H;1H3;1H4. The van der Waals surface area contributed by atoms with Gasteiger partial charge in [-0.1, -0.05) is 89.8 Å². The third-order valence-electron chi connectivity index (χ3n) is 12.2. The second-order valence-electron chi connectivity index (χ2n) is 18.9. The lowest BCUT2D eigenvalue weighted by Gasteiger charge is -2.18. The Labute approximate surface area is 500 Å². The van der Waals surface area contributed by atoms with Crippen molar-refractivity contribution in [3.63, 3.8) is 0 Å². The van der Waals surface area contributed by atoms with Gasteiger partial charge in [0.05, 0.1) is 29.6 Å². The summed E-state index contributed by atoms with van der Waals surface area (Å²) in [5.74, 6) is -0.965. The predicted octanol–water partition coefficient (Wildman–Crippen LogP) is 6.29. The Hall–Kier alpha value is -7.18. The number of fused-ring (bicyclic) bond motifs is 2. The number of alkyl halides is 3. The summed E-state index contributed by atoms with van der Waals surface area (Å²) in [6.07, 6.45) is 4.26. The molecule has 2 aliphatic rings. The van der Waals surface area contributed by atoms with Gasteiger partial charge in [-0.05, 0) is 100 Å². The first-order valence-corrected chi connectivity index (χ1v) is 32.9. The van der Waals surface area contributed by atoms with Crippen LogP contribution in [0, 0.1) is 13.8 Å². The van der Waals surface area contributed by atoms with Crippen molar-refractivity contribution >= 4 is 118 Å². The van der Waals surface area contributed by atoms with Gasteiger partial charge in [-0.2, -0.15) is 16.8 Å². The summed E-state index contributed by atoms with van der Waals surface area (Å²) >= 11 is 14.4. The number of nitrogen functional groups attached to an aromatic ring is 1. The molecule has 2 saturated carbocycles. The third-order valence-corrected chi connectivity index (χ3v) is 15.3. The number of hydrogen-bond acceptors (Lipinski definition) is 17. The summed E-state index contributed by atoms with van der Waals surface area (Å²) in [6.45, 7) is 3.59. The lowest BCUT2D eigenvalue weighted by molar-refractivity contribution is 0.485. The highest BCUT2D eigenvalue weighted by atomic mass is 35.7. The molecular weight excluding hydrogens is 1260 g/mol. The zero-order valence-corrected chi connectivity index (χ0v) is 50.7. The van der Waals surface area contributed by atoms with Crippen LogP contribution < -0.4 is 52.4 Å². The van der Waals surface area contributed by atoms with Crippen LogP contribution in [0.1, 0.15) is 56.3 Å². The number of nitrogens with zero attached hydrogens (tertiary/aromatic N) is 6. The molecule has 4 aromatic heterocycles. The number of hydrogen-bond donors (Lipinski definition) is 2. The highest BCUT2D eigenvalue weighted by Gasteiger charge is 2.34. The fourth-order valence-electron chi connectivity index (χ4n) is 8.30. The molecule has 0 radical (unpaired) electrons. The van der Waals surface area contributed by atoms with Gasteiger partial charge in [-0.3, -0.25) is 42.2 Å². The van der Waals surface area contributed by atoms with E-state index in [1.165, 1.54) is 73.3 Å². The molecule has 450 valence electrons. The van der Waals surface area contributed by atoms with Gasteiger partial charge < -0.3 is 14.1 Å². The van der Waals surface area contributed by atoms with Crippen LogP contribution in [0.3, 0.4) is 0 Å². The van der Waals surface area contributed by atoms with Crippen molar-refractivity contribution < 1.29 is 42.0 Å². The van der Waals surface area contributed by atoms with Gasteiger partial charge in [0.1, 0.15) is 31.9 Å². The van der Waals surface area contributed by atoms with Gasteiger partial charge in [0, 0.05) is 54.7 Å². The summed E-state index contributed by atoms with van der Waals surface area (Å²) in [4.78, 5) is 80.0. The molecule has 10 rings (SSSR count). The summed E-state index contributed by atoms with van der Waals surface area (Å²) in [5, 5.41) is -0.488. The van der Waals surface area contributed by atoms with E-state index in [1.807, 2.05) is 6.92 Å². The van der Waals surface area contributed by atoms with Crippen molar-refractivity contribution in [2.45, 2.75) is 73.1 Å². The minimum atomic E-state index is -4.46. The molecule has 4 aromatic carbocycles. The molecule has 32 heteroatoms. The smallest absolute Gasteiger partial charge is 0.339 e. The van der Waals surface area contributed by atoms with Crippen LogP contribution in [0.5, 0.6) is 11.5 Å². The summed E-state index contributed by atoms with van der Waals surface area (Å²) in [5.41, 5.74) is 3.92. The van der Waals surface area contributed by atoms with Crippen LogP contribution in [0.25, 0.3) is 33.4 Å². The Bertz CT molecular complexity index is 4720. The Morgan fingerprint density at radius 2 is 0.905 bits per heavy atom. The molecule has 8 aromatic rings. The molecule has 0 saturated heterocycles. The average molecular weight is 1320 g/mol. The topological polar surface area (TPSA) is 325 Å². The van der Waals surface area contributed by atoms with E-state index in [0.29, 0.717) is 37.1 Å². The first-order valence-electron chi connectivity index (χ1n) is 24.2. The van der Waals surface area contributed by atoms with Crippen molar-refractivity contribution in [2.75, 3.05) is 23.0 Å². The maximum Gasteiger partial charge on any atom is 0.339 e. The van der Waals surface area contributed by atoms with Crippen molar-refractivity contribution in [1.82, 2.24) is 27.4 Å². The van der Waals surface area contributed by atoms with Gasteiger partial charge in [-0.15, -0.1) is 0 Å². The van der Waals surface area contributed by atoms with E-state index >= 15 is 0 Å². The maximum atomic E-state index is 13.7. The van der Waals surface area contributed by atoms with Gasteiger partial charge >= 0.3 is 31.6 Å². The van der Waals surface area contributed by atoms with Crippen molar-refractivity contribution in [1.29, 1.82) is 0 Å². The van der Waals surface area contributed by atoms with Crippen LogP contribution in [-0.4, -0.2) is 77.9 Å². The molecule has 2 aliphatic carbocycles. The number of nitrogens with two attached hydrogens (primary N) is 1. The largest absolute Gasteiger partial charge is 0.399 e. The van der Waals surface area contributed by atoms with E-state index in [2.05, 4.69) is 15.4 Å². The van der Waals surface area contributed by atoms with Crippen molar-refractivity contribution in [2.24, 2.45) is 14.1 Å². The molecule has 0 unspecified atom stereocenters. The highest BCUT2D eigenvalue weighted by Crippen LogP contribution is 2.35. The molecule has 84 heavy (non-hydrogen) atoms. The minimum Gasteiger partial charge on any atom is -0.399 e. The molecule has 0 bridgehead atoms.